The smallest absolute Gasteiger partial charge is 0.231 e. The fourth-order valence-corrected chi connectivity index (χ4v) is 1.75. The number of nitrogens with one attached hydrogen (secondary N) is 4. The zero-order valence-corrected chi connectivity index (χ0v) is 12.1. The molecule has 0 saturated heterocycles. The second kappa shape index (κ2) is 7.71. The van der Waals surface area contributed by atoms with Gasteiger partial charge < -0.3 is 27.5 Å². The number of anilines is 3. The summed E-state index contributed by atoms with van der Waals surface area (Å²) < 4.78 is 0. The summed E-state index contributed by atoms with van der Waals surface area (Å²) >= 11 is 1.18. The molecule has 0 spiro atoms. The lowest BCUT2D eigenvalue weighted by atomic mass is 10.3. The van der Waals surface area contributed by atoms with E-state index in [0.717, 1.165) is 6.21 Å². The SMILES string of the molecule is CSC(=N)c1c(N)nc(N/C(C=N)=C/NCC#N)nc1N. The molecule has 1 rings (SSSR count). The van der Waals surface area contributed by atoms with Crippen molar-refractivity contribution in [2.24, 2.45) is 0 Å². The van der Waals surface area contributed by atoms with E-state index in [-0.39, 0.29) is 34.7 Å². The quantitative estimate of drug-likeness (QED) is 0.189. The molecule has 1 aromatic rings. The lowest BCUT2D eigenvalue weighted by Crippen LogP contribution is -2.15. The number of aromatic nitrogens is 2. The van der Waals surface area contributed by atoms with E-state index in [1.807, 2.05) is 6.07 Å². The third-order valence-corrected chi connectivity index (χ3v) is 2.86. The van der Waals surface area contributed by atoms with Gasteiger partial charge in [-0.25, -0.2) is 0 Å². The second-order valence-electron chi connectivity index (χ2n) is 3.63. The molecule has 21 heavy (non-hydrogen) atoms. The van der Waals surface area contributed by atoms with Gasteiger partial charge in [0, 0.05) is 12.4 Å². The Morgan fingerprint density at radius 2 is 2.05 bits per heavy atom. The number of nitriles is 1. The number of thioether (sulfide) groups is 1. The van der Waals surface area contributed by atoms with Crippen molar-refractivity contribution in [2.45, 2.75) is 0 Å². The van der Waals surface area contributed by atoms with Gasteiger partial charge >= 0.3 is 0 Å². The fourth-order valence-electron chi connectivity index (χ4n) is 1.34. The second-order valence-corrected chi connectivity index (χ2v) is 4.45. The van der Waals surface area contributed by atoms with Crippen LogP contribution in [0.25, 0.3) is 0 Å². The molecule has 110 valence electrons. The molecule has 0 radical (unpaired) electrons. The van der Waals surface area contributed by atoms with Crippen LogP contribution in [0, 0.1) is 22.1 Å². The number of hydrogen-bond acceptors (Lipinski definition) is 10. The van der Waals surface area contributed by atoms with Crippen LogP contribution >= 0.6 is 11.8 Å². The van der Waals surface area contributed by atoms with E-state index in [4.69, 9.17) is 27.5 Å². The maximum absolute atomic E-state index is 8.42. The number of allylic oxidation sites excluding steroid dienone is 1. The van der Waals surface area contributed by atoms with Crippen LogP contribution in [0.2, 0.25) is 0 Å². The lowest BCUT2D eigenvalue weighted by Gasteiger charge is -2.11. The van der Waals surface area contributed by atoms with Gasteiger partial charge in [0.2, 0.25) is 5.95 Å². The van der Waals surface area contributed by atoms with Crippen molar-refractivity contribution in [1.29, 1.82) is 16.1 Å². The fraction of sp³-hybridized carbons (Fsp3) is 0.182. The summed E-state index contributed by atoms with van der Waals surface area (Å²) in [6.07, 6.45) is 4.19. The summed E-state index contributed by atoms with van der Waals surface area (Å²) in [5, 5.41) is 29.0. The zero-order valence-electron chi connectivity index (χ0n) is 11.3. The summed E-state index contributed by atoms with van der Waals surface area (Å²) in [7, 11) is 0. The predicted molar refractivity (Wildman–Crippen MR) is 85.3 cm³/mol. The van der Waals surface area contributed by atoms with Crippen LogP contribution in [0.1, 0.15) is 5.56 Å². The van der Waals surface area contributed by atoms with E-state index in [1.165, 1.54) is 18.0 Å². The van der Waals surface area contributed by atoms with Gasteiger partial charge in [-0.05, 0) is 6.26 Å². The Bertz CT molecular complexity index is 594. The molecule has 8 N–H and O–H groups in total. The largest absolute Gasteiger partial charge is 0.383 e. The Balaban J connectivity index is 3.00. The molecule has 0 aliphatic rings. The Hall–Kier alpha value is -2.80. The van der Waals surface area contributed by atoms with Crippen LogP contribution in [0.15, 0.2) is 11.9 Å². The van der Waals surface area contributed by atoms with E-state index in [1.54, 1.807) is 6.26 Å². The standard InChI is InChI=1S/C11H15N9S/c1-21-10(16)7-8(14)19-11(20-9(7)15)18-6(4-13)5-17-3-2-12/h4-5,13,16-17H,3H2,1H3,(H5,14,15,18,19,20)/b6-5+,13-4?,16-10?. The highest BCUT2D eigenvalue weighted by atomic mass is 32.2. The van der Waals surface area contributed by atoms with Gasteiger partial charge in [0.05, 0.1) is 17.3 Å². The van der Waals surface area contributed by atoms with Crippen molar-refractivity contribution in [3.8, 4) is 6.07 Å². The van der Waals surface area contributed by atoms with Crippen molar-refractivity contribution in [1.82, 2.24) is 15.3 Å². The summed E-state index contributed by atoms with van der Waals surface area (Å²) in [5.74, 6) is 0.272. The monoisotopic (exact) mass is 305 g/mol. The third kappa shape index (κ3) is 4.36. The molecule has 0 fully saturated rings. The van der Waals surface area contributed by atoms with Crippen molar-refractivity contribution < 1.29 is 0 Å². The van der Waals surface area contributed by atoms with Crippen molar-refractivity contribution >= 4 is 40.6 Å². The average Bonchev–Trinajstić information content (AvgIpc) is 2.45. The summed E-state index contributed by atoms with van der Waals surface area (Å²) in [5.41, 5.74) is 12.2. The van der Waals surface area contributed by atoms with Crippen molar-refractivity contribution in [3.63, 3.8) is 0 Å². The van der Waals surface area contributed by atoms with Crippen LogP contribution in [0.3, 0.4) is 0 Å². The minimum absolute atomic E-state index is 0.0821. The topological polar surface area (TPSA) is 173 Å². The van der Waals surface area contributed by atoms with Gasteiger partial charge in [-0.1, -0.05) is 0 Å². The maximum atomic E-state index is 8.42. The van der Waals surface area contributed by atoms with Gasteiger partial charge in [0.15, 0.2) is 0 Å². The Kier molecular flexibility index (Phi) is 5.97. The Morgan fingerprint density at radius 1 is 1.43 bits per heavy atom. The molecule has 0 aliphatic heterocycles. The van der Waals surface area contributed by atoms with E-state index in [9.17, 15) is 0 Å². The summed E-state index contributed by atoms with van der Waals surface area (Å²) in [4.78, 5) is 8.01. The normalized spacial score (nSPS) is 10.6. The van der Waals surface area contributed by atoms with Crippen LogP contribution in [-0.2, 0) is 0 Å². The third-order valence-electron chi connectivity index (χ3n) is 2.25. The minimum atomic E-state index is 0.0821. The first-order valence-corrected chi connectivity index (χ1v) is 6.89. The Morgan fingerprint density at radius 3 is 2.52 bits per heavy atom. The first-order chi connectivity index (χ1) is 10.0. The minimum Gasteiger partial charge on any atom is -0.383 e. The number of rotatable bonds is 6. The molecule has 0 atom stereocenters. The average molecular weight is 305 g/mol. The van der Waals surface area contributed by atoms with Gasteiger partial charge in [0.25, 0.3) is 0 Å². The molecular formula is C11H15N9S. The number of nitrogen functional groups attached to an aromatic ring is 2. The van der Waals surface area contributed by atoms with E-state index in [2.05, 4.69) is 20.6 Å². The molecule has 0 amide bonds. The number of nitrogens with zero attached hydrogens (tertiary/aromatic N) is 3. The first kappa shape index (κ1) is 16.3. The predicted octanol–water partition coefficient (Wildman–Crippen LogP) is 0.345. The highest BCUT2D eigenvalue weighted by Gasteiger charge is 2.14. The van der Waals surface area contributed by atoms with Gasteiger partial charge in [-0.15, -0.1) is 11.8 Å². The zero-order chi connectivity index (χ0) is 15.8. The molecule has 9 nitrogen and oxygen atoms in total. The summed E-state index contributed by atoms with van der Waals surface area (Å²) in [6.45, 7) is 0.105. The van der Waals surface area contributed by atoms with Gasteiger partial charge in [-0.3, -0.25) is 5.41 Å². The molecule has 0 aliphatic carbocycles. The highest BCUT2D eigenvalue weighted by molar-refractivity contribution is 8.13. The van der Waals surface area contributed by atoms with Crippen LogP contribution in [0.5, 0.6) is 0 Å². The summed E-state index contributed by atoms with van der Waals surface area (Å²) in [6, 6.07) is 1.90. The van der Waals surface area contributed by atoms with Crippen LogP contribution < -0.4 is 22.1 Å². The van der Waals surface area contributed by atoms with Crippen molar-refractivity contribution in [2.75, 3.05) is 29.6 Å². The van der Waals surface area contributed by atoms with Gasteiger partial charge in [-0.2, -0.15) is 15.2 Å². The number of nitrogens with two attached hydrogens (primary N) is 2. The molecule has 0 unspecified atom stereocenters. The van der Waals surface area contributed by atoms with Crippen LogP contribution in [-0.4, -0.2) is 34.0 Å². The molecule has 1 aromatic heterocycles. The van der Waals surface area contributed by atoms with E-state index >= 15 is 0 Å². The first-order valence-electron chi connectivity index (χ1n) is 5.67. The Labute approximate surface area is 125 Å². The molecule has 0 aromatic carbocycles. The molecule has 0 saturated carbocycles. The molecule has 0 bridgehead atoms. The maximum Gasteiger partial charge on any atom is 0.231 e. The highest BCUT2D eigenvalue weighted by Crippen LogP contribution is 2.22. The van der Waals surface area contributed by atoms with Gasteiger partial charge in [0.1, 0.15) is 23.2 Å². The molecular weight excluding hydrogens is 290 g/mol. The molecule has 10 heteroatoms. The molecule has 1 heterocycles. The van der Waals surface area contributed by atoms with E-state index < -0.39 is 0 Å². The number of hydrogen-bond donors (Lipinski definition) is 6. The lowest BCUT2D eigenvalue weighted by molar-refractivity contribution is 0.984. The van der Waals surface area contributed by atoms with Crippen molar-refractivity contribution in [3.05, 3.63) is 17.5 Å². The van der Waals surface area contributed by atoms with E-state index in [0.29, 0.717) is 5.70 Å². The van der Waals surface area contributed by atoms with Crippen LogP contribution in [0.4, 0.5) is 17.6 Å².